The molecular formula is C27H33NO3S. The van der Waals surface area contributed by atoms with Gasteiger partial charge in [-0.05, 0) is 78.0 Å². The molecule has 1 atom stereocenters. The van der Waals surface area contributed by atoms with Crippen molar-refractivity contribution in [2.24, 2.45) is 0 Å². The number of hydrogen-bond donors (Lipinski definition) is 0. The first-order valence-corrected chi connectivity index (χ1v) is 12.3. The molecule has 32 heavy (non-hydrogen) atoms. The lowest BCUT2D eigenvalue weighted by molar-refractivity contribution is -0.111. The fourth-order valence-electron chi connectivity index (χ4n) is 5.00. The van der Waals surface area contributed by atoms with Crippen LogP contribution in [0.4, 0.5) is 10.5 Å². The molecule has 0 bridgehead atoms. The fraction of sp³-hybridized carbons (Fsp3) is 0.481. The Morgan fingerprint density at radius 3 is 2.34 bits per heavy atom. The summed E-state index contributed by atoms with van der Waals surface area (Å²) in [5.41, 5.74) is 5.70. The minimum atomic E-state index is -0.513. The van der Waals surface area contributed by atoms with Gasteiger partial charge in [0, 0.05) is 23.9 Å². The van der Waals surface area contributed by atoms with Crippen molar-refractivity contribution in [2.45, 2.75) is 77.7 Å². The zero-order chi connectivity index (χ0) is 23.3. The van der Waals surface area contributed by atoms with Crippen molar-refractivity contribution in [1.29, 1.82) is 0 Å². The highest BCUT2D eigenvalue weighted by atomic mass is 32.2. The van der Waals surface area contributed by atoms with Gasteiger partial charge in [-0.25, -0.2) is 0 Å². The van der Waals surface area contributed by atoms with E-state index >= 15 is 0 Å². The number of aryl methyl sites for hydroxylation is 1. The standard InChI is InChI=1S/C27H33NO3S/c1-7-31-19-10-8-9-18(14-19)15-23-24(29)32-25(30)28(23)22-16-21-20(13-17(22)2)26(3,4)11-12-27(21,5)6/h8-10,13-14,16,23H,7,11-12,15H2,1-6H3. The van der Waals surface area contributed by atoms with Gasteiger partial charge in [-0.1, -0.05) is 45.9 Å². The van der Waals surface area contributed by atoms with Crippen LogP contribution in [0.3, 0.4) is 0 Å². The second kappa shape index (κ2) is 8.26. The van der Waals surface area contributed by atoms with Crippen LogP contribution in [0.25, 0.3) is 0 Å². The Labute approximate surface area is 195 Å². The van der Waals surface area contributed by atoms with Crippen molar-refractivity contribution in [3.63, 3.8) is 0 Å². The van der Waals surface area contributed by atoms with Crippen molar-refractivity contribution in [1.82, 2.24) is 0 Å². The number of rotatable bonds is 5. The lowest BCUT2D eigenvalue weighted by atomic mass is 9.63. The Morgan fingerprint density at radius 2 is 1.69 bits per heavy atom. The van der Waals surface area contributed by atoms with E-state index in [1.807, 2.05) is 31.2 Å². The molecule has 0 spiro atoms. The first-order chi connectivity index (χ1) is 15.0. The molecule has 1 aliphatic carbocycles. The van der Waals surface area contributed by atoms with E-state index in [-0.39, 0.29) is 21.2 Å². The second-order valence-corrected chi connectivity index (χ2v) is 11.3. The largest absolute Gasteiger partial charge is 0.494 e. The van der Waals surface area contributed by atoms with E-state index in [9.17, 15) is 9.59 Å². The van der Waals surface area contributed by atoms with E-state index in [4.69, 9.17) is 4.74 Å². The number of carbonyl (C=O) groups excluding carboxylic acids is 2. The van der Waals surface area contributed by atoms with Gasteiger partial charge in [0.1, 0.15) is 11.8 Å². The van der Waals surface area contributed by atoms with Gasteiger partial charge in [-0.2, -0.15) is 0 Å². The molecule has 2 aromatic rings. The Kier molecular flexibility index (Phi) is 5.91. The zero-order valence-electron chi connectivity index (χ0n) is 20.0. The molecule has 1 heterocycles. The number of ether oxygens (including phenoxy) is 1. The molecule has 5 heteroatoms. The summed E-state index contributed by atoms with van der Waals surface area (Å²) in [7, 11) is 0. The summed E-state index contributed by atoms with van der Waals surface area (Å²) >= 11 is 0.828. The maximum Gasteiger partial charge on any atom is 0.294 e. The maximum absolute atomic E-state index is 13.0. The predicted octanol–water partition coefficient (Wildman–Crippen LogP) is 6.55. The summed E-state index contributed by atoms with van der Waals surface area (Å²) in [4.78, 5) is 27.6. The van der Waals surface area contributed by atoms with Crippen LogP contribution in [0, 0.1) is 6.92 Å². The van der Waals surface area contributed by atoms with Crippen molar-refractivity contribution < 1.29 is 14.3 Å². The third-order valence-corrected chi connectivity index (χ3v) is 7.88. The fourth-order valence-corrected chi connectivity index (χ4v) is 5.82. The molecule has 0 N–H and O–H groups in total. The number of thioether (sulfide) groups is 1. The molecule has 0 aromatic heterocycles. The van der Waals surface area contributed by atoms with Crippen molar-refractivity contribution >= 4 is 27.8 Å². The van der Waals surface area contributed by atoms with Crippen molar-refractivity contribution in [3.8, 4) is 5.75 Å². The molecule has 1 amide bonds. The average molecular weight is 452 g/mol. The van der Waals surface area contributed by atoms with Gasteiger partial charge in [-0.3, -0.25) is 14.5 Å². The molecule has 170 valence electrons. The number of fused-ring (bicyclic) bond motifs is 1. The van der Waals surface area contributed by atoms with Crippen LogP contribution in [-0.4, -0.2) is 23.0 Å². The first kappa shape index (κ1) is 22.9. The lowest BCUT2D eigenvalue weighted by Gasteiger charge is -2.43. The van der Waals surface area contributed by atoms with Gasteiger partial charge in [-0.15, -0.1) is 0 Å². The lowest BCUT2D eigenvalue weighted by Crippen LogP contribution is -2.39. The summed E-state index contributed by atoms with van der Waals surface area (Å²) in [5.74, 6) is 0.787. The quantitative estimate of drug-likeness (QED) is 0.517. The molecule has 4 rings (SSSR count). The van der Waals surface area contributed by atoms with E-state index in [0.717, 1.165) is 47.2 Å². The second-order valence-electron chi connectivity index (χ2n) is 10.3. The van der Waals surface area contributed by atoms with Gasteiger partial charge in [0.15, 0.2) is 0 Å². The minimum absolute atomic E-state index is 0.0363. The third kappa shape index (κ3) is 4.07. The summed E-state index contributed by atoms with van der Waals surface area (Å²) in [5, 5.41) is -0.273. The molecule has 1 saturated heterocycles. The number of carbonyl (C=O) groups is 2. The predicted molar refractivity (Wildman–Crippen MR) is 132 cm³/mol. The smallest absolute Gasteiger partial charge is 0.294 e. The van der Waals surface area contributed by atoms with Gasteiger partial charge in [0.05, 0.1) is 6.61 Å². The van der Waals surface area contributed by atoms with E-state index in [2.05, 4.69) is 46.8 Å². The van der Waals surface area contributed by atoms with Crippen molar-refractivity contribution in [2.75, 3.05) is 11.5 Å². The summed E-state index contributed by atoms with van der Waals surface area (Å²) < 4.78 is 5.62. The molecule has 0 saturated carbocycles. The summed E-state index contributed by atoms with van der Waals surface area (Å²) in [6.07, 6.45) is 2.72. The Hall–Kier alpha value is -2.27. The average Bonchev–Trinajstić information content (AvgIpc) is 2.99. The minimum Gasteiger partial charge on any atom is -0.494 e. The van der Waals surface area contributed by atoms with Crippen LogP contribution in [0.2, 0.25) is 0 Å². The van der Waals surface area contributed by atoms with Gasteiger partial charge in [0.2, 0.25) is 5.12 Å². The summed E-state index contributed by atoms with van der Waals surface area (Å²) in [6.45, 7) is 13.8. The molecule has 1 fully saturated rings. The topological polar surface area (TPSA) is 46.6 Å². The SMILES string of the molecule is CCOc1cccc(CC2C(=O)SC(=O)N2c2cc3c(cc2C)C(C)(C)CCC3(C)C)c1. The normalized spacial score (nSPS) is 21.6. The number of hydrogen-bond acceptors (Lipinski definition) is 4. The number of benzene rings is 2. The number of nitrogens with zero attached hydrogens (tertiary/aromatic N) is 1. The van der Waals surface area contributed by atoms with Crippen LogP contribution in [0.15, 0.2) is 36.4 Å². The highest BCUT2D eigenvalue weighted by molar-refractivity contribution is 8.27. The van der Waals surface area contributed by atoms with E-state index in [0.29, 0.717) is 13.0 Å². The van der Waals surface area contributed by atoms with Gasteiger partial charge < -0.3 is 4.74 Å². The van der Waals surface area contributed by atoms with Crippen LogP contribution in [-0.2, 0) is 22.0 Å². The van der Waals surface area contributed by atoms with Gasteiger partial charge >= 0.3 is 0 Å². The number of anilines is 1. The van der Waals surface area contributed by atoms with E-state index in [1.165, 1.54) is 11.1 Å². The Bertz CT molecular complexity index is 1070. The monoisotopic (exact) mass is 451 g/mol. The summed E-state index contributed by atoms with van der Waals surface area (Å²) in [6, 6.07) is 11.7. The Balaban J connectivity index is 1.75. The highest BCUT2D eigenvalue weighted by Crippen LogP contribution is 2.48. The first-order valence-electron chi connectivity index (χ1n) is 11.5. The van der Waals surface area contributed by atoms with E-state index < -0.39 is 6.04 Å². The Morgan fingerprint density at radius 1 is 1.03 bits per heavy atom. The van der Waals surface area contributed by atoms with E-state index in [1.54, 1.807) is 4.90 Å². The molecular weight excluding hydrogens is 418 g/mol. The molecule has 2 aliphatic rings. The highest BCUT2D eigenvalue weighted by Gasteiger charge is 2.43. The van der Waals surface area contributed by atoms with Gasteiger partial charge in [0.25, 0.3) is 5.24 Å². The zero-order valence-corrected chi connectivity index (χ0v) is 20.8. The van der Waals surface area contributed by atoms with Crippen LogP contribution in [0.5, 0.6) is 5.75 Å². The van der Waals surface area contributed by atoms with Crippen LogP contribution >= 0.6 is 11.8 Å². The molecule has 2 aromatic carbocycles. The maximum atomic E-state index is 13.0. The molecule has 4 nitrogen and oxygen atoms in total. The van der Waals surface area contributed by atoms with Crippen LogP contribution in [0.1, 0.15) is 69.7 Å². The third-order valence-electron chi connectivity index (χ3n) is 7.04. The molecule has 1 unspecified atom stereocenters. The number of amides is 1. The molecule has 0 radical (unpaired) electrons. The molecule has 1 aliphatic heterocycles. The van der Waals surface area contributed by atoms with Crippen molar-refractivity contribution in [3.05, 3.63) is 58.7 Å². The van der Waals surface area contributed by atoms with Crippen LogP contribution < -0.4 is 9.64 Å².